The van der Waals surface area contributed by atoms with E-state index in [1.165, 1.54) is 4.31 Å². The Kier molecular flexibility index (Phi) is 5.01. The number of hydrogen-bond donors (Lipinski definition) is 1. The summed E-state index contributed by atoms with van der Waals surface area (Å²) in [6.07, 6.45) is 0. The molecule has 1 aromatic carbocycles. The Bertz CT molecular complexity index is 505. The zero-order chi connectivity index (χ0) is 12.5. The van der Waals surface area contributed by atoms with Crippen LogP contribution in [0.1, 0.15) is 12.5 Å². The third kappa shape index (κ3) is 3.16. The van der Waals surface area contributed by atoms with Crippen LogP contribution in [0.4, 0.5) is 5.69 Å². The quantitative estimate of drug-likeness (QED) is 0.920. The van der Waals surface area contributed by atoms with Gasteiger partial charge in [-0.15, -0.1) is 12.4 Å². The molecule has 0 spiro atoms. The maximum atomic E-state index is 12.0. The predicted octanol–water partition coefficient (Wildman–Crippen LogP) is 1.61. The normalized spacial score (nSPS) is 21.7. The van der Waals surface area contributed by atoms with Crippen LogP contribution in [0.15, 0.2) is 24.3 Å². The van der Waals surface area contributed by atoms with Crippen LogP contribution in [0.3, 0.4) is 0 Å². The summed E-state index contributed by atoms with van der Waals surface area (Å²) < 4.78 is 25.4. The summed E-state index contributed by atoms with van der Waals surface area (Å²) in [5, 5.41) is 3.06. The van der Waals surface area contributed by atoms with Crippen molar-refractivity contribution >= 4 is 28.1 Å². The molecule has 0 bridgehead atoms. The van der Waals surface area contributed by atoms with E-state index < -0.39 is 10.0 Å². The van der Waals surface area contributed by atoms with E-state index in [0.717, 1.165) is 17.8 Å². The van der Waals surface area contributed by atoms with E-state index in [1.54, 1.807) is 0 Å². The molecular weight excluding hydrogens is 272 g/mol. The molecule has 0 amide bonds. The first-order chi connectivity index (χ1) is 8.03. The average Bonchev–Trinajstić information content (AvgIpc) is 2.53. The topological polar surface area (TPSA) is 49.4 Å². The lowest BCUT2D eigenvalue weighted by Gasteiger charge is -2.17. The minimum Gasteiger partial charge on any atom is -0.316 e. The Morgan fingerprint density at radius 1 is 1.44 bits per heavy atom. The molecule has 0 saturated carbocycles. The minimum atomic E-state index is -3.11. The summed E-state index contributed by atoms with van der Waals surface area (Å²) in [5.41, 5.74) is 1.88. The maximum Gasteiger partial charge on any atom is 0.235 e. The second-order valence-corrected chi connectivity index (χ2v) is 6.55. The zero-order valence-corrected chi connectivity index (χ0v) is 12.2. The van der Waals surface area contributed by atoms with Crippen molar-refractivity contribution in [1.29, 1.82) is 0 Å². The lowest BCUT2D eigenvalue weighted by atomic mass is 10.2. The van der Waals surface area contributed by atoms with Gasteiger partial charge in [0.05, 0.1) is 11.4 Å². The Labute approximate surface area is 115 Å². The third-order valence-electron chi connectivity index (χ3n) is 2.89. The van der Waals surface area contributed by atoms with Gasteiger partial charge in [-0.25, -0.2) is 8.42 Å². The van der Waals surface area contributed by atoms with E-state index in [9.17, 15) is 8.42 Å². The molecule has 18 heavy (non-hydrogen) atoms. The van der Waals surface area contributed by atoms with Crippen LogP contribution in [0, 0.1) is 5.92 Å². The fraction of sp³-hybridized carbons (Fsp3) is 0.500. The van der Waals surface area contributed by atoms with Crippen LogP contribution in [0.25, 0.3) is 0 Å². The van der Waals surface area contributed by atoms with Gasteiger partial charge in [-0.1, -0.05) is 19.1 Å². The molecule has 0 aromatic heterocycles. The van der Waals surface area contributed by atoms with Gasteiger partial charge < -0.3 is 5.32 Å². The number of nitrogens with one attached hydrogen (secondary N) is 1. The van der Waals surface area contributed by atoms with Gasteiger partial charge in [0, 0.05) is 13.1 Å². The number of hydrogen-bond acceptors (Lipinski definition) is 3. The first kappa shape index (κ1) is 15.3. The van der Waals surface area contributed by atoms with E-state index in [1.807, 2.05) is 38.2 Å². The van der Waals surface area contributed by atoms with Gasteiger partial charge in [0.25, 0.3) is 0 Å². The van der Waals surface area contributed by atoms with Crippen molar-refractivity contribution in [2.45, 2.75) is 13.5 Å². The SMILES string of the molecule is CNCc1cccc(N2CC(C)CS2(=O)=O)c1.Cl. The number of halogens is 1. The van der Waals surface area contributed by atoms with Crippen LogP contribution in [0.2, 0.25) is 0 Å². The average molecular weight is 291 g/mol. The first-order valence-electron chi connectivity index (χ1n) is 5.77. The zero-order valence-electron chi connectivity index (χ0n) is 10.6. The lowest BCUT2D eigenvalue weighted by molar-refractivity contribution is 0.598. The highest BCUT2D eigenvalue weighted by atomic mass is 35.5. The van der Waals surface area contributed by atoms with Gasteiger partial charge in [0.2, 0.25) is 10.0 Å². The van der Waals surface area contributed by atoms with Crippen LogP contribution in [-0.4, -0.2) is 27.8 Å². The van der Waals surface area contributed by atoms with Crippen LogP contribution >= 0.6 is 12.4 Å². The van der Waals surface area contributed by atoms with Crippen molar-refractivity contribution < 1.29 is 8.42 Å². The van der Waals surface area contributed by atoms with E-state index in [0.29, 0.717) is 6.54 Å². The molecule has 4 nitrogen and oxygen atoms in total. The Morgan fingerprint density at radius 2 is 2.17 bits per heavy atom. The fourth-order valence-electron chi connectivity index (χ4n) is 2.19. The molecule has 1 aliphatic rings. The second kappa shape index (κ2) is 5.91. The molecule has 1 heterocycles. The highest BCUT2D eigenvalue weighted by Gasteiger charge is 2.33. The third-order valence-corrected chi connectivity index (χ3v) is 4.91. The van der Waals surface area contributed by atoms with Crippen molar-refractivity contribution in [2.24, 2.45) is 5.92 Å². The molecular formula is C12H19ClN2O2S. The van der Waals surface area contributed by atoms with Crippen LogP contribution < -0.4 is 9.62 Å². The van der Waals surface area contributed by atoms with E-state index in [-0.39, 0.29) is 24.1 Å². The van der Waals surface area contributed by atoms with Crippen molar-refractivity contribution in [1.82, 2.24) is 5.32 Å². The second-order valence-electron chi connectivity index (χ2n) is 4.62. The summed E-state index contributed by atoms with van der Waals surface area (Å²) in [4.78, 5) is 0. The number of nitrogens with zero attached hydrogens (tertiary/aromatic N) is 1. The lowest BCUT2D eigenvalue weighted by Crippen LogP contribution is -2.25. The molecule has 1 atom stereocenters. The standard InChI is InChI=1S/C12H18N2O2S.ClH/c1-10-8-14(17(15,16)9-10)12-5-3-4-11(6-12)7-13-2;/h3-6,10,13H,7-9H2,1-2H3;1H. The molecule has 2 rings (SSSR count). The molecule has 1 aliphatic heterocycles. The van der Waals surface area contributed by atoms with E-state index >= 15 is 0 Å². The fourth-order valence-corrected chi connectivity index (χ4v) is 4.11. The minimum absolute atomic E-state index is 0. The van der Waals surface area contributed by atoms with Crippen LogP contribution in [-0.2, 0) is 16.6 Å². The number of rotatable bonds is 3. The molecule has 1 saturated heterocycles. The van der Waals surface area contributed by atoms with Gasteiger partial charge >= 0.3 is 0 Å². The van der Waals surface area contributed by atoms with Crippen molar-refractivity contribution in [3.05, 3.63) is 29.8 Å². The van der Waals surface area contributed by atoms with Gasteiger partial charge in [-0.05, 0) is 30.7 Å². The Hall–Kier alpha value is -0.780. The molecule has 0 radical (unpaired) electrons. The highest BCUT2D eigenvalue weighted by molar-refractivity contribution is 7.93. The summed E-state index contributed by atoms with van der Waals surface area (Å²) in [5.74, 6) is 0.455. The van der Waals surface area contributed by atoms with Gasteiger partial charge in [-0.3, -0.25) is 4.31 Å². The summed E-state index contributed by atoms with van der Waals surface area (Å²) in [6, 6.07) is 7.69. The van der Waals surface area contributed by atoms with E-state index in [4.69, 9.17) is 0 Å². The van der Waals surface area contributed by atoms with Gasteiger partial charge in [0.15, 0.2) is 0 Å². The molecule has 1 fully saturated rings. The smallest absolute Gasteiger partial charge is 0.235 e. The summed E-state index contributed by atoms with van der Waals surface area (Å²) >= 11 is 0. The first-order valence-corrected chi connectivity index (χ1v) is 7.38. The molecule has 102 valence electrons. The van der Waals surface area contributed by atoms with Crippen molar-refractivity contribution in [3.63, 3.8) is 0 Å². The summed E-state index contributed by atoms with van der Waals surface area (Å²) in [7, 11) is -1.23. The van der Waals surface area contributed by atoms with E-state index in [2.05, 4.69) is 5.32 Å². The molecule has 1 N–H and O–H groups in total. The highest BCUT2D eigenvalue weighted by Crippen LogP contribution is 2.27. The Balaban J connectivity index is 0.00000162. The van der Waals surface area contributed by atoms with Gasteiger partial charge in [-0.2, -0.15) is 0 Å². The molecule has 6 heteroatoms. The van der Waals surface area contributed by atoms with Gasteiger partial charge in [0.1, 0.15) is 0 Å². The largest absolute Gasteiger partial charge is 0.316 e. The van der Waals surface area contributed by atoms with Crippen molar-refractivity contribution in [3.8, 4) is 0 Å². The number of sulfonamides is 1. The molecule has 1 aromatic rings. The van der Waals surface area contributed by atoms with Crippen molar-refractivity contribution in [2.75, 3.05) is 23.7 Å². The maximum absolute atomic E-state index is 12.0. The van der Waals surface area contributed by atoms with Crippen LogP contribution in [0.5, 0.6) is 0 Å². The molecule has 0 aliphatic carbocycles. The Morgan fingerprint density at radius 3 is 2.72 bits per heavy atom. The predicted molar refractivity (Wildman–Crippen MR) is 76.8 cm³/mol. The molecule has 1 unspecified atom stereocenters. The monoisotopic (exact) mass is 290 g/mol. The number of benzene rings is 1. The summed E-state index contributed by atoms with van der Waals surface area (Å²) in [6.45, 7) is 3.30. The number of anilines is 1.